The van der Waals surface area contributed by atoms with Crippen molar-refractivity contribution in [2.75, 3.05) is 13.7 Å². The van der Waals surface area contributed by atoms with Crippen LogP contribution in [0.15, 0.2) is 22.7 Å². The standard InChI is InChI=1S/C16H25BrN2O2/c1-10(2)9-18-16(20)12(4)19-11(3)13-6-7-15(21-5)14(17)8-13/h6-8,10-12,19H,9H2,1-5H3,(H,18,20). The van der Waals surface area contributed by atoms with Crippen molar-refractivity contribution in [3.8, 4) is 5.75 Å². The van der Waals surface area contributed by atoms with Gasteiger partial charge in [-0.15, -0.1) is 0 Å². The molecule has 0 saturated heterocycles. The Morgan fingerprint density at radius 2 is 1.95 bits per heavy atom. The van der Waals surface area contributed by atoms with Gasteiger partial charge in [0.25, 0.3) is 0 Å². The van der Waals surface area contributed by atoms with E-state index in [4.69, 9.17) is 4.74 Å². The van der Waals surface area contributed by atoms with Crippen molar-refractivity contribution in [3.05, 3.63) is 28.2 Å². The smallest absolute Gasteiger partial charge is 0.236 e. The lowest BCUT2D eigenvalue weighted by Crippen LogP contribution is -2.44. The third-order valence-corrected chi connectivity index (χ3v) is 3.87. The Morgan fingerprint density at radius 1 is 1.29 bits per heavy atom. The van der Waals surface area contributed by atoms with E-state index in [1.54, 1.807) is 7.11 Å². The Balaban J connectivity index is 2.61. The molecule has 0 spiro atoms. The summed E-state index contributed by atoms with van der Waals surface area (Å²) in [6, 6.07) is 5.77. The molecule has 1 rings (SSSR count). The van der Waals surface area contributed by atoms with Crippen molar-refractivity contribution < 1.29 is 9.53 Å². The van der Waals surface area contributed by atoms with Crippen LogP contribution in [0.2, 0.25) is 0 Å². The minimum absolute atomic E-state index is 0.0307. The molecule has 0 radical (unpaired) electrons. The van der Waals surface area contributed by atoms with Crippen molar-refractivity contribution in [1.82, 2.24) is 10.6 Å². The maximum absolute atomic E-state index is 12.0. The van der Waals surface area contributed by atoms with E-state index < -0.39 is 0 Å². The predicted molar refractivity (Wildman–Crippen MR) is 89.6 cm³/mol. The second-order valence-electron chi connectivity index (χ2n) is 5.64. The highest BCUT2D eigenvalue weighted by Gasteiger charge is 2.16. The van der Waals surface area contributed by atoms with Crippen LogP contribution < -0.4 is 15.4 Å². The zero-order valence-corrected chi connectivity index (χ0v) is 15.0. The topological polar surface area (TPSA) is 50.4 Å². The van der Waals surface area contributed by atoms with Crippen molar-refractivity contribution in [3.63, 3.8) is 0 Å². The Hall–Kier alpha value is -1.07. The molecule has 2 unspecified atom stereocenters. The summed E-state index contributed by atoms with van der Waals surface area (Å²) in [5.74, 6) is 1.29. The number of benzene rings is 1. The Labute approximate surface area is 135 Å². The highest BCUT2D eigenvalue weighted by Crippen LogP contribution is 2.28. The van der Waals surface area contributed by atoms with Gasteiger partial charge in [0.1, 0.15) is 5.75 Å². The number of hydrogen-bond acceptors (Lipinski definition) is 3. The van der Waals surface area contributed by atoms with Crippen LogP contribution in [0.3, 0.4) is 0 Å². The predicted octanol–water partition coefficient (Wildman–Crippen LogP) is 3.27. The monoisotopic (exact) mass is 356 g/mol. The van der Waals surface area contributed by atoms with Gasteiger partial charge in [0.15, 0.2) is 0 Å². The summed E-state index contributed by atoms with van der Waals surface area (Å²) in [6.45, 7) is 8.78. The third kappa shape index (κ3) is 5.67. The van der Waals surface area contributed by atoms with Crippen LogP contribution in [0.5, 0.6) is 5.75 Å². The molecule has 2 atom stereocenters. The van der Waals surface area contributed by atoms with Crippen LogP contribution >= 0.6 is 15.9 Å². The van der Waals surface area contributed by atoms with Gasteiger partial charge in [-0.1, -0.05) is 19.9 Å². The molecule has 1 aromatic rings. The van der Waals surface area contributed by atoms with Crippen molar-refractivity contribution in [2.45, 2.75) is 39.8 Å². The highest BCUT2D eigenvalue weighted by molar-refractivity contribution is 9.10. The summed E-state index contributed by atoms with van der Waals surface area (Å²) in [6.07, 6.45) is 0. The molecule has 4 nitrogen and oxygen atoms in total. The summed E-state index contributed by atoms with van der Waals surface area (Å²) < 4.78 is 6.13. The van der Waals surface area contributed by atoms with Gasteiger partial charge in [-0.05, 0) is 53.4 Å². The molecule has 0 saturated carbocycles. The molecule has 0 aliphatic rings. The van der Waals surface area contributed by atoms with Crippen LogP contribution in [0.1, 0.15) is 39.3 Å². The SMILES string of the molecule is COc1ccc(C(C)NC(C)C(=O)NCC(C)C)cc1Br. The van der Waals surface area contributed by atoms with E-state index in [2.05, 4.69) is 40.4 Å². The van der Waals surface area contributed by atoms with Gasteiger partial charge in [0.2, 0.25) is 5.91 Å². The number of methoxy groups -OCH3 is 1. The molecule has 2 N–H and O–H groups in total. The van der Waals surface area contributed by atoms with E-state index in [1.165, 1.54) is 0 Å². The zero-order chi connectivity index (χ0) is 16.0. The van der Waals surface area contributed by atoms with E-state index in [0.717, 1.165) is 15.8 Å². The maximum atomic E-state index is 12.0. The van der Waals surface area contributed by atoms with Crippen LogP contribution in [-0.2, 0) is 4.79 Å². The summed E-state index contributed by atoms with van der Waals surface area (Å²) in [5.41, 5.74) is 1.10. The van der Waals surface area contributed by atoms with E-state index in [0.29, 0.717) is 12.5 Å². The largest absolute Gasteiger partial charge is 0.496 e. The molecule has 5 heteroatoms. The molecular weight excluding hydrogens is 332 g/mol. The second-order valence-corrected chi connectivity index (χ2v) is 6.50. The summed E-state index contributed by atoms with van der Waals surface area (Å²) in [5, 5.41) is 6.25. The molecule has 0 heterocycles. The Kier molecular flexibility index (Phi) is 7.18. The second kappa shape index (κ2) is 8.39. The fourth-order valence-corrected chi connectivity index (χ4v) is 2.52. The van der Waals surface area contributed by atoms with Gasteiger partial charge in [-0.2, -0.15) is 0 Å². The number of rotatable bonds is 7. The van der Waals surface area contributed by atoms with E-state index in [1.807, 2.05) is 32.0 Å². The fraction of sp³-hybridized carbons (Fsp3) is 0.562. The first-order chi connectivity index (χ1) is 9.85. The quantitative estimate of drug-likeness (QED) is 0.788. The van der Waals surface area contributed by atoms with E-state index >= 15 is 0 Å². The maximum Gasteiger partial charge on any atom is 0.236 e. The van der Waals surface area contributed by atoms with Gasteiger partial charge in [-0.25, -0.2) is 0 Å². The van der Waals surface area contributed by atoms with Crippen molar-refractivity contribution in [1.29, 1.82) is 0 Å². The van der Waals surface area contributed by atoms with E-state index in [-0.39, 0.29) is 18.0 Å². The van der Waals surface area contributed by atoms with Crippen molar-refractivity contribution >= 4 is 21.8 Å². The van der Waals surface area contributed by atoms with Crippen LogP contribution in [0, 0.1) is 5.92 Å². The van der Waals surface area contributed by atoms with Crippen LogP contribution in [0.25, 0.3) is 0 Å². The fourth-order valence-electron chi connectivity index (χ4n) is 1.96. The molecule has 1 amide bonds. The molecule has 0 aromatic heterocycles. The first kappa shape index (κ1) is 18.0. The zero-order valence-electron chi connectivity index (χ0n) is 13.4. The molecule has 21 heavy (non-hydrogen) atoms. The van der Waals surface area contributed by atoms with Crippen LogP contribution in [0.4, 0.5) is 0 Å². The number of carbonyl (C=O) groups is 1. The number of hydrogen-bond donors (Lipinski definition) is 2. The normalized spacial score (nSPS) is 13.9. The van der Waals surface area contributed by atoms with Crippen LogP contribution in [-0.4, -0.2) is 25.6 Å². The first-order valence-electron chi connectivity index (χ1n) is 7.22. The van der Waals surface area contributed by atoms with Gasteiger partial charge >= 0.3 is 0 Å². The minimum atomic E-state index is -0.236. The molecular formula is C16H25BrN2O2. The third-order valence-electron chi connectivity index (χ3n) is 3.25. The molecule has 0 bridgehead atoms. The van der Waals surface area contributed by atoms with Gasteiger partial charge in [0.05, 0.1) is 17.6 Å². The lowest BCUT2D eigenvalue weighted by molar-refractivity contribution is -0.123. The lowest BCUT2D eigenvalue weighted by atomic mass is 10.1. The number of carbonyl (C=O) groups excluding carboxylic acids is 1. The Bertz CT molecular complexity index is 477. The number of halogens is 1. The summed E-state index contributed by atoms with van der Waals surface area (Å²) in [7, 11) is 1.64. The van der Waals surface area contributed by atoms with Gasteiger partial charge in [0, 0.05) is 12.6 Å². The molecule has 118 valence electrons. The first-order valence-corrected chi connectivity index (χ1v) is 8.01. The number of nitrogens with one attached hydrogen (secondary N) is 2. The average molecular weight is 357 g/mol. The van der Waals surface area contributed by atoms with E-state index in [9.17, 15) is 4.79 Å². The molecule has 1 aromatic carbocycles. The van der Waals surface area contributed by atoms with Gasteiger partial charge in [-0.3, -0.25) is 10.1 Å². The lowest BCUT2D eigenvalue weighted by Gasteiger charge is -2.21. The van der Waals surface area contributed by atoms with Gasteiger partial charge < -0.3 is 10.1 Å². The average Bonchev–Trinajstić information content (AvgIpc) is 2.44. The molecule has 0 fully saturated rings. The Morgan fingerprint density at radius 3 is 2.48 bits per heavy atom. The molecule has 0 aliphatic heterocycles. The number of ether oxygens (including phenoxy) is 1. The summed E-state index contributed by atoms with van der Waals surface area (Å²) in [4.78, 5) is 12.0. The molecule has 0 aliphatic carbocycles. The van der Waals surface area contributed by atoms with Crippen molar-refractivity contribution in [2.24, 2.45) is 5.92 Å². The minimum Gasteiger partial charge on any atom is -0.496 e. The summed E-state index contributed by atoms with van der Waals surface area (Å²) >= 11 is 3.48. The highest BCUT2D eigenvalue weighted by atomic mass is 79.9. The number of amides is 1.